The summed E-state index contributed by atoms with van der Waals surface area (Å²) in [4.78, 5) is 4.81. The maximum Gasteiger partial charge on any atom is 0.227 e. The summed E-state index contributed by atoms with van der Waals surface area (Å²) in [6.07, 6.45) is 40.8. The molecule has 37 heavy (non-hydrogen) atoms. The minimum atomic E-state index is 0.216. The second-order valence-corrected chi connectivity index (χ2v) is 11.5. The molecule has 3 heteroatoms. The van der Waals surface area contributed by atoms with E-state index in [1.165, 1.54) is 135 Å². The number of hydrogen-bond donors (Lipinski definition) is 1. The van der Waals surface area contributed by atoms with Gasteiger partial charge in [-0.2, -0.15) is 0 Å². The fraction of sp³-hybridized carbons (Fsp3) is 0.853. The number of rotatable bonds is 27. The molecule has 1 N–H and O–H groups in total. The summed E-state index contributed by atoms with van der Waals surface area (Å²) < 4.78 is 0.739. The molecule has 0 aromatic rings. The molecular weight excluding hydrogens is 452 g/mol. The Bertz CT molecular complexity index is 582. The molecule has 1 atom stereocenters. The zero-order valence-electron chi connectivity index (χ0n) is 25.2. The lowest BCUT2D eigenvalue weighted by Gasteiger charge is -2.28. The van der Waals surface area contributed by atoms with Gasteiger partial charge < -0.3 is 5.11 Å². The molecule has 0 saturated heterocycles. The largest absolute Gasteiger partial charge is 0.390 e. The van der Waals surface area contributed by atoms with Crippen LogP contribution in [0.1, 0.15) is 162 Å². The average Bonchev–Trinajstić information content (AvgIpc) is 3.29. The van der Waals surface area contributed by atoms with E-state index in [1.807, 2.05) is 0 Å². The molecule has 0 aliphatic carbocycles. The Morgan fingerprint density at radius 1 is 0.622 bits per heavy atom. The highest BCUT2D eigenvalue weighted by atomic mass is 16.3. The molecule has 0 spiro atoms. The first kappa shape index (κ1) is 34.1. The molecule has 3 nitrogen and oxygen atoms in total. The highest BCUT2D eigenvalue weighted by molar-refractivity contribution is 5.88. The Hall–Kier alpha value is -0.930. The first-order chi connectivity index (χ1) is 18.3. The van der Waals surface area contributed by atoms with Gasteiger partial charge in [-0.1, -0.05) is 142 Å². The normalized spacial score (nSPS) is 18.0. The van der Waals surface area contributed by atoms with Crippen LogP contribution in [0.2, 0.25) is 0 Å². The summed E-state index contributed by atoms with van der Waals surface area (Å²) in [6.45, 7) is 7.41. The third-order valence-corrected chi connectivity index (χ3v) is 8.08. The SMILES string of the molecule is CCCCCCCCCCC=C[N+]1(CCO)CCN=C1C=CCCCCCCCCCCCCCCC. The number of unbranched alkanes of at least 4 members (excludes halogenated alkanes) is 21. The predicted octanol–water partition coefficient (Wildman–Crippen LogP) is 10.3. The summed E-state index contributed by atoms with van der Waals surface area (Å²) in [5.41, 5.74) is 0. The molecule has 0 bridgehead atoms. The van der Waals surface area contributed by atoms with Gasteiger partial charge >= 0.3 is 0 Å². The van der Waals surface area contributed by atoms with Crippen molar-refractivity contribution >= 4 is 5.84 Å². The molecule has 216 valence electrons. The molecule has 1 aliphatic rings. The van der Waals surface area contributed by atoms with Crippen LogP contribution in [-0.2, 0) is 0 Å². The topological polar surface area (TPSA) is 32.6 Å². The number of nitrogens with zero attached hydrogens (tertiary/aromatic N) is 2. The molecule has 1 unspecified atom stereocenters. The van der Waals surface area contributed by atoms with E-state index in [0.717, 1.165) is 42.8 Å². The Kier molecular flexibility index (Phi) is 23.4. The molecule has 0 saturated carbocycles. The van der Waals surface area contributed by atoms with Crippen molar-refractivity contribution in [1.82, 2.24) is 0 Å². The van der Waals surface area contributed by atoms with Crippen molar-refractivity contribution in [1.29, 1.82) is 0 Å². The second-order valence-electron chi connectivity index (χ2n) is 11.5. The Balaban J connectivity index is 2.14. The summed E-state index contributed by atoms with van der Waals surface area (Å²) >= 11 is 0. The van der Waals surface area contributed by atoms with Crippen LogP contribution in [0.25, 0.3) is 0 Å². The van der Waals surface area contributed by atoms with Gasteiger partial charge in [0.15, 0.2) is 0 Å². The highest BCUT2D eigenvalue weighted by Gasteiger charge is 2.34. The van der Waals surface area contributed by atoms with Crippen molar-refractivity contribution < 1.29 is 9.59 Å². The van der Waals surface area contributed by atoms with Crippen LogP contribution in [0.4, 0.5) is 0 Å². The molecule has 1 aliphatic heterocycles. The van der Waals surface area contributed by atoms with Crippen LogP contribution >= 0.6 is 0 Å². The lowest BCUT2D eigenvalue weighted by molar-refractivity contribution is -0.781. The van der Waals surface area contributed by atoms with Crippen molar-refractivity contribution in [3.05, 3.63) is 24.4 Å². The average molecular weight is 518 g/mol. The number of quaternary nitrogens is 1. The van der Waals surface area contributed by atoms with Gasteiger partial charge in [0, 0.05) is 6.08 Å². The van der Waals surface area contributed by atoms with Gasteiger partial charge in [-0.15, -0.1) is 0 Å². The predicted molar refractivity (Wildman–Crippen MR) is 165 cm³/mol. The maximum absolute atomic E-state index is 9.75. The van der Waals surface area contributed by atoms with Gasteiger partial charge in [-0.05, 0) is 31.8 Å². The number of allylic oxidation sites excluding steroid dienone is 2. The van der Waals surface area contributed by atoms with Crippen LogP contribution in [0.5, 0.6) is 0 Å². The molecule has 0 aromatic heterocycles. The van der Waals surface area contributed by atoms with Gasteiger partial charge in [0.25, 0.3) is 0 Å². The standard InChI is InChI=1S/C34H65N2O/c1-3-5-7-9-11-13-15-16-17-18-19-20-22-24-26-28-34-35-29-31-36(34,32-33-37)30-27-25-23-21-14-12-10-8-6-4-2/h26-28,30,37H,3-25,29,31-33H2,1-2H3/q+1. The van der Waals surface area contributed by atoms with E-state index in [0.29, 0.717) is 0 Å². The van der Waals surface area contributed by atoms with Crippen LogP contribution in [0.15, 0.2) is 29.4 Å². The molecule has 0 radical (unpaired) electrons. The van der Waals surface area contributed by atoms with Gasteiger partial charge in [-0.25, -0.2) is 9.48 Å². The van der Waals surface area contributed by atoms with E-state index in [9.17, 15) is 5.11 Å². The summed E-state index contributed by atoms with van der Waals surface area (Å²) in [7, 11) is 0. The first-order valence-corrected chi connectivity index (χ1v) is 16.7. The molecule has 1 heterocycles. The van der Waals surface area contributed by atoms with Gasteiger partial charge in [0.05, 0.1) is 19.4 Å². The molecular formula is C34H65N2O+. The van der Waals surface area contributed by atoms with E-state index < -0.39 is 0 Å². The monoisotopic (exact) mass is 518 g/mol. The molecule has 0 fully saturated rings. The number of aliphatic hydroxyl groups is 1. The van der Waals surface area contributed by atoms with E-state index in [-0.39, 0.29) is 6.61 Å². The van der Waals surface area contributed by atoms with Crippen molar-refractivity contribution in [2.45, 2.75) is 162 Å². The van der Waals surface area contributed by atoms with E-state index >= 15 is 0 Å². The zero-order valence-corrected chi connectivity index (χ0v) is 25.2. The van der Waals surface area contributed by atoms with E-state index in [2.05, 4.69) is 38.3 Å². The zero-order chi connectivity index (χ0) is 26.7. The smallest absolute Gasteiger partial charge is 0.227 e. The number of amidine groups is 1. The lowest BCUT2D eigenvalue weighted by Crippen LogP contribution is -2.47. The Morgan fingerprint density at radius 2 is 1.05 bits per heavy atom. The van der Waals surface area contributed by atoms with E-state index in [1.54, 1.807) is 0 Å². The Labute approximate surface area is 232 Å². The minimum absolute atomic E-state index is 0.216. The summed E-state index contributed by atoms with van der Waals surface area (Å²) in [5, 5.41) is 9.75. The molecule has 0 amide bonds. The van der Waals surface area contributed by atoms with Crippen LogP contribution in [-0.4, -0.2) is 41.7 Å². The summed E-state index contributed by atoms with van der Waals surface area (Å²) in [6, 6.07) is 0. The van der Waals surface area contributed by atoms with Crippen molar-refractivity contribution in [3.63, 3.8) is 0 Å². The Morgan fingerprint density at radius 3 is 1.51 bits per heavy atom. The number of aliphatic imine (C=N–C) groups is 1. The van der Waals surface area contributed by atoms with E-state index in [4.69, 9.17) is 4.99 Å². The molecule has 1 rings (SSSR count). The van der Waals surface area contributed by atoms with Crippen molar-refractivity contribution in [3.8, 4) is 0 Å². The van der Waals surface area contributed by atoms with Crippen molar-refractivity contribution in [2.75, 3.05) is 26.2 Å². The van der Waals surface area contributed by atoms with Crippen molar-refractivity contribution in [2.24, 2.45) is 4.99 Å². The maximum atomic E-state index is 9.75. The number of hydrogen-bond acceptors (Lipinski definition) is 2. The van der Waals surface area contributed by atoms with Gasteiger partial charge in [-0.3, -0.25) is 0 Å². The van der Waals surface area contributed by atoms with Crippen LogP contribution in [0.3, 0.4) is 0 Å². The van der Waals surface area contributed by atoms with Gasteiger partial charge in [0.2, 0.25) is 5.84 Å². The summed E-state index contributed by atoms with van der Waals surface area (Å²) in [5.74, 6) is 1.15. The minimum Gasteiger partial charge on any atom is -0.390 e. The fourth-order valence-electron chi connectivity index (χ4n) is 5.57. The second kappa shape index (κ2) is 25.4. The molecule has 0 aromatic carbocycles. The quantitative estimate of drug-likeness (QED) is 0.0853. The van der Waals surface area contributed by atoms with Gasteiger partial charge in [0.1, 0.15) is 13.1 Å². The van der Waals surface area contributed by atoms with Crippen LogP contribution in [0, 0.1) is 0 Å². The highest BCUT2D eigenvalue weighted by Crippen LogP contribution is 2.19. The third kappa shape index (κ3) is 18.1. The van der Waals surface area contributed by atoms with Crippen LogP contribution < -0.4 is 0 Å². The first-order valence-electron chi connectivity index (χ1n) is 16.7. The number of aliphatic hydroxyl groups excluding tert-OH is 1. The lowest BCUT2D eigenvalue weighted by atomic mass is 10.0. The fourth-order valence-corrected chi connectivity index (χ4v) is 5.57. The third-order valence-electron chi connectivity index (χ3n) is 8.08.